The van der Waals surface area contributed by atoms with Crippen molar-refractivity contribution in [3.63, 3.8) is 0 Å². The summed E-state index contributed by atoms with van der Waals surface area (Å²) in [4.78, 5) is 4.36. The van der Waals surface area contributed by atoms with E-state index >= 15 is 0 Å². The summed E-state index contributed by atoms with van der Waals surface area (Å²) in [5.74, 6) is 0. The molecule has 3 nitrogen and oxygen atoms in total. The van der Waals surface area contributed by atoms with E-state index in [-0.39, 0.29) is 23.6 Å². The Hall–Kier alpha value is -2.23. The van der Waals surface area contributed by atoms with Gasteiger partial charge in [-0.25, -0.2) is 0 Å². The van der Waals surface area contributed by atoms with Gasteiger partial charge in [-0.15, -0.1) is 0 Å². The Bertz CT molecular complexity index is 960. The van der Waals surface area contributed by atoms with E-state index in [2.05, 4.69) is 25.7 Å². The highest BCUT2D eigenvalue weighted by Gasteiger charge is 2.35. The molecule has 1 saturated heterocycles. The second kappa shape index (κ2) is 9.10. The number of rotatable bonds is 5. The second-order valence-electron chi connectivity index (χ2n) is 9.30. The number of anilines is 1. The Morgan fingerprint density at radius 3 is 2.48 bits per heavy atom. The molecule has 0 radical (unpaired) electrons. The number of hydrogen-bond donors (Lipinski definition) is 0. The van der Waals surface area contributed by atoms with Crippen molar-refractivity contribution in [2.24, 2.45) is 5.41 Å². The highest BCUT2D eigenvalue weighted by atomic mass is 35.5. The first-order valence-corrected chi connectivity index (χ1v) is 10.7. The molecule has 3 rings (SSSR count). The van der Waals surface area contributed by atoms with Crippen LogP contribution in [0, 0.1) is 16.7 Å². The standard InChI is InChI=1S/C24H27ClF3N3/c1-23(2,3)16-30-11-10-20(15-30)31(19-9-8-17(13-29)22(25)12-19)14-18-6-4-5-7-21(18)24(26,27)28/h4-9,12,20H,10-11,14-16H2,1-3H3/t20-/m0/s1. The van der Waals surface area contributed by atoms with Crippen molar-refractivity contribution < 1.29 is 13.2 Å². The largest absolute Gasteiger partial charge is 0.416 e. The Morgan fingerprint density at radius 2 is 1.87 bits per heavy atom. The number of hydrogen-bond acceptors (Lipinski definition) is 3. The van der Waals surface area contributed by atoms with Crippen molar-refractivity contribution in [2.45, 2.75) is 46.0 Å². The van der Waals surface area contributed by atoms with Gasteiger partial charge < -0.3 is 9.80 Å². The summed E-state index contributed by atoms with van der Waals surface area (Å²) in [7, 11) is 0. The maximum Gasteiger partial charge on any atom is 0.416 e. The minimum atomic E-state index is -4.42. The van der Waals surface area contributed by atoms with Crippen LogP contribution in [0.4, 0.5) is 18.9 Å². The first-order chi connectivity index (χ1) is 14.5. The molecular weight excluding hydrogens is 423 g/mol. The fourth-order valence-corrected chi connectivity index (χ4v) is 4.42. The van der Waals surface area contributed by atoms with E-state index in [0.717, 1.165) is 37.8 Å². The fraction of sp³-hybridized carbons (Fsp3) is 0.458. The zero-order chi connectivity index (χ0) is 22.8. The van der Waals surface area contributed by atoms with E-state index in [1.807, 2.05) is 11.0 Å². The van der Waals surface area contributed by atoms with E-state index < -0.39 is 11.7 Å². The van der Waals surface area contributed by atoms with E-state index in [0.29, 0.717) is 10.6 Å². The zero-order valence-corrected chi connectivity index (χ0v) is 18.8. The van der Waals surface area contributed by atoms with Gasteiger partial charge >= 0.3 is 6.18 Å². The molecule has 2 aromatic rings. The molecule has 1 aliphatic heterocycles. The van der Waals surface area contributed by atoms with Gasteiger partial charge in [0.15, 0.2) is 0 Å². The Balaban J connectivity index is 1.95. The SMILES string of the molecule is CC(C)(C)CN1CC[C@H](N(Cc2ccccc2C(F)(F)F)c2ccc(C#N)c(Cl)c2)C1. The molecule has 166 valence electrons. The predicted octanol–water partition coefficient (Wildman–Crippen LogP) is 6.36. The van der Waals surface area contributed by atoms with Gasteiger partial charge in [0.1, 0.15) is 6.07 Å². The van der Waals surface area contributed by atoms with Crippen LogP contribution in [0.2, 0.25) is 5.02 Å². The minimum Gasteiger partial charge on any atom is -0.363 e. The van der Waals surface area contributed by atoms with Crippen molar-refractivity contribution in [1.29, 1.82) is 5.26 Å². The van der Waals surface area contributed by atoms with E-state index in [9.17, 15) is 18.4 Å². The molecule has 7 heteroatoms. The second-order valence-corrected chi connectivity index (χ2v) is 9.70. The topological polar surface area (TPSA) is 30.3 Å². The molecule has 1 aliphatic rings. The zero-order valence-electron chi connectivity index (χ0n) is 18.0. The number of nitrogens with zero attached hydrogens (tertiary/aromatic N) is 3. The number of halogens is 4. The van der Waals surface area contributed by atoms with Crippen molar-refractivity contribution in [1.82, 2.24) is 4.90 Å². The number of benzene rings is 2. The number of nitriles is 1. The van der Waals surface area contributed by atoms with Crippen molar-refractivity contribution in [3.8, 4) is 6.07 Å². The van der Waals surface area contributed by atoms with Gasteiger partial charge in [-0.1, -0.05) is 50.6 Å². The summed E-state index contributed by atoms with van der Waals surface area (Å²) >= 11 is 6.26. The fourth-order valence-electron chi connectivity index (χ4n) is 4.20. The quantitative estimate of drug-likeness (QED) is 0.532. The molecule has 0 aromatic heterocycles. The molecule has 2 aromatic carbocycles. The lowest BCUT2D eigenvalue weighted by Gasteiger charge is -2.33. The lowest BCUT2D eigenvalue weighted by molar-refractivity contribution is -0.138. The minimum absolute atomic E-state index is 0.0487. The smallest absolute Gasteiger partial charge is 0.363 e. The molecular formula is C24H27ClF3N3. The molecule has 0 N–H and O–H groups in total. The van der Waals surface area contributed by atoms with E-state index in [1.165, 1.54) is 12.1 Å². The molecule has 0 unspecified atom stereocenters. The normalized spacial score (nSPS) is 17.5. The van der Waals surface area contributed by atoms with Crippen LogP contribution in [0.5, 0.6) is 0 Å². The summed E-state index contributed by atoms with van der Waals surface area (Å²) in [6.45, 7) is 9.23. The van der Waals surface area contributed by atoms with Crippen LogP contribution >= 0.6 is 11.6 Å². The number of likely N-dealkylation sites (tertiary alicyclic amines) is 1. The first kappa shape index (κ1) is 23.4. The lowest BCUT2D eigenvalue weighted by Crippen LogP contribution is -2.39. The molecule has 0 saturated carbocycles. The van der Waals surface area contributed by atoms with Gasteiger partial charge in [-0.05, 0) is 41.7 Å². The molecule has 0 spiro atoms. The average molecular weight is 450 g/mol. The van der Waals surface area contributed by atoms with Crippen molar-refractivity contribution >= 4 is 17.3 Å². The monoisotopic (exact) mass is 449 g/mol. The van der Waals surface area contributed by atoms with Gasteiger partial charge in [-0.3, -0.25) is 0 Å². The summed E-state index contributed by atoms with van der Waals surface area (Å²) in [6.07, 6.45) is -3.57. The Labute approximate surface area is 187 Å². The highest BCUT2D eigenvalue weighted by molar-refractivity contribution is 6.32. The molecule has 1 heterocycles. The van der Waals surface area contributed by atoms with Gasteiger partial charge in [0.25, 0.3) is 0 Å². The van der Waals surface area contributed by atoms with Gasteiger partial charge in [0, 0.05) is 37.9 Å². The van der Waals surface area contributed by atoms with Crippen LogP contribution in [-0.2, 0) is 12.7 Å². The Kier molecular flexibility index (Phi) is 6.88. The average Bonchev–Trinajstić information content (AvgIpc) is 3.11. The highest BCUT2D eigenvalue weighted by Crippen LogP contribution is 2.35. The summed E-state index contributed by atoms with van der Waals surface area (Å²) in [5.41, 5.74) is 0.819. The van der Waals surface area contributed by atoms with Crippen molar-refractivity contribution in [3.05, 3.63) is 64.2 Å². The molecule has 0 bridgehead atoms. The van der Waals surface area contributed by atoms with Crippen molar-refractivity contribution in [2.75, 3.05) is 24.5 Å². The van der Waals surface area contributed by atoms with Gasteiger partial charge in [-0.2, -0.15) is 18.4 Å². The summed E-state index contributed by atoms with van der Waals surface area (Å²) < 4.78 is 40.8. The third-order valence-electron chi connectivity index (χ3n) is 5.45. The van der Waals surface area contributed by atoms with E-state index in [4.69, 9.17) is 11.6 Å². The molecule has 1 fully saturated rings. The van der Waals surface area contributed by atoms with Gasteiger partial charge in [0.05, 0.1) is 16.1 Å². The number of alkyl halides is 3. The van der Waals surface area contributed by atoms with Crippen LogP contribution in [0.15, 0.2) is 42.5 Å². The maximum atomic E-state index is 13.6. The first-order valence-electron chi connectivity index (χ1n) is 10.3. The molecule has 31 heavy (non-hydrogen) atoms. The maximum absolute atomic E-state index is 13.6. The molecule has 1 atom stereocenters. The van der Waals surface area contributed by atoms with Crippen LogP contribution in [0.25, 0.3) is 0 Å². The predicted molar refractivity (Wildman–Crippen MR) is 118 cm³/mol. The molecule has 0 amide bonds. The molecule has 0 aliphatic carbocycles. The lowest BCUT2D eigenvalue weighted by atomic mass is 9.96. The summed E-state index contributed by atoms with van der Waals surface area (Å²) in [6, 6.07) is 12.9. The van der Waals surface area contributed by atoms with Crippen LogP contribution in [0.3, 0.4) is 0 Å². The van der Waals surface area contributed by atoms with E-state index in [1.54, 1.807) is 24.3 Å². The third-order valence-corrected chi connectivity index (χ3v) is 5.77. The van der Waals surface area contributed by atoms with Crippen LogP contribution in [0.1, 0.15) is 43.9 Å². The van der Waals surface area contributed by atoms with Crippen LogP contribution < -0.4 is 4.90 Å². The Morgan fingerprint density at radius 1 is 1.16 bits per heavy atom. The van der Waals surface area contributed by atoms with Gasteiger partial charge in [0.2, 0.25) is 0 Å². The summed E-state index contributed by atoms with van der Waals surface area (Å²) in [5, 5.41) is 9.49. The van der Waals surface area contributed by atoms with Crippen LogP contribution in [-0.4, -0.2) is 30.6 Å². The third kappa shape index (κ3) is 5.93.